The highest BCUT2D eigenvalue weighted by Gasteiger charge is 2.37. The van der Waals surface area contributed by atoms with Gasteiger partial charge in [0.05, 0.1) is 6.61 Å². The predicted octanol–water partition coefficient (Wildman–Crippen LogP) is 5.12. The smallest absolute Gasteiger partial charge is 0.193 e. The van der Waals surface area contributed by atoms with E-state index in [0.717, 1.165) is 35.2 Å². The standard InChI is InChI=1S/C22H24BrNO2.ClH/c23-20-7-3-16(4-8-20)22(25)17-5-9-21(10-6-17)26-14-19-11-18(19)13-24-12-15-1-2-15;/h3-10,15,18-19,24H,1-2,11-14H2;1H. The van der Waals surface area contributed by atoms with E-state index in [0.29, 0.717) is 17.0 Å². The fraction of sp³-hybridized carbons (Fsp3) is 0.409. The van der Waals surface area contributed by atoms with E-state index in [4.69, 9.17) is 4.74 Å². The molecule has 0 aliphatic heterocycles. The molecule has 2 aromatic rings. The van der Waals surface area contributed by atoms with Crippen LogP contribution >= 0.6 is 28.3 Å². The van der Waals surface area contributed by atoms with Gasteiger partial charge in [-0.1, -0.05) is 15.9 Å². The first-order valence-electron chi connectivity index (χ1n) is 9.43. The molecule has 27 heavy (non-hydrogen) atoms. The van der Waals surface area contributed by atoms with Crippen LogP contribution in [0.4, 0.5) is 0 Å². The summed E-state index contributed by atoms with van der Waals surface area (Å²) in [6, 6.07) is 14.9. The maximum atomic E-state index is 12.5. The molecule has 2 aliphatic carbocycles. The minimum atomic E-state index is 0. The van der Waals surface area contributed by atoms with E-state index < -0.39 is 0 Å². The van der Waals surface area contributed by atoms with E-state index in [1.54, 1.807) is 0 Å². The van der Waals surface area contributed by atoms with Crippen molar-refractivity contribution in [1.82, 2.24) is 5.32 Å². The third kappa shape index (κ3) is 5.81. The molecule has 2 unspecified atom stereocenters. The van der Waals surface area contributed by atoms with Gasteiger partial charge in [0.15, 0.2) is 5.78 Å². The highest BCUT2D eigenvalue weighted by Crippen LogP contribution is 2.38. The van der Waals surface area contributed by atoms with Gasteiger partial charge in [-0.05, 0) is 98.6 Å². The summed E-state index contributed by atoms with van der Waals surface area (Å²) in [4.78, 5) is 12.5. The van der Waals surface area contributed by atoms with E-state index in [9.17, 15) is 4.79 Å². The van der Waals surface area contributed by atoms with Crippen molar-refractivity contribution in [2.24, 2.45) is 17.8 Å². The van der Waals surface area contributed by atoms with Crippen molar-refractivity contribution in [2.75, 3.05) is 19.7 Å². The van der Waals surface area contributed by atoms with Gasteiger partial charge in [0.1, 0.15) is 5.75 Å². The van der Waals surface area contributed by atoms with Crippen molar-refractivity contribution in [1.29, 1.82) is 0 Å². The summed E-state index contributed by atoms with van der Waals surface area (Å²) in [5.41, 5.74) is 1.38. The van der Waals surface area contributed by atoms with Gasteiger partial charge in [-0.15, -0.1) is 12.4 Å². The van der Waals surface area contributed by atoms with Gasteiger partial charge in [0.2, 0.25) is 0 Å². The quantitative estimate of drug-likeness (QED) is 0.539. The molecular weight excluding hydrogens is 426 g/mol. The van der Waals surface area contributed by atoms with Gasteiger partial charge < -0.3 is 10.1 Å². The Morgan fingerprint density at radius 1 is 0.963 bits per heavy atom. The summed E-state index contributed by atoms with van der Waals surface area (Å²) in [6.45, 7) is 3.10. The molecule has 2 saturated carbocycles. The normalized spacial score (nSPS) is 20.6. The van der Waals surface area contributed by atoms with Gasteiger partial charge in [0, 0.05) is 15.6 Å². The minimum absolute atomic E-state index is 0. The monoisotopic (exact) mass is 449 g/mol. The molecule has 2 atom stereocenters. The van der Waals surface area contributed by atoms with Crippen molar-refractivity contribution >= 4 is 34.1 Å². The molecule has 0 aromatic heterocycles. The van der Waals surface area contributed by atoms with Crippen LogP contribution in [0.15, 0.2) is 53.0 Å². The van der Waals surface area contributed by atoms with E-state index in [1.807, 2.05) is 48.5 Å². The van der Waals surface area contributed by atoms with E-state index >= 15 is 0 Å². The molecule has 4 rings (SSSR count). The zero-order chi connectivity index (χ0) is 17.9. The van der Waals surface area contributed by atoms with Crippen molar-refractivity contribution in [3.05, 3.63) is 64.1 Å². The van der Waals surface area contributed by atoms with Gasteiger partial charge in [-0.3, -0.25) is 4.79 Å². The van der Waals surface area contributed by atoms with Crippen LogP contribution in [0.1, 0.15) is 35.2 Å². The first-order chi connectivity index (χ1) is 12.7. The number of ether oxygens (including phenoxy) is 1. The summed E-state index contributed by atoms with van der Waals surface area (Å²) in [5, 5.41) is 3.58. The second kappa shape index (κ2) is 9.22. The summed E-state index contributed by atoms with van der Waals surface area (Å²) < 4.78 is 6.88. The van der Waals surface area contributed by atoms with Gasteiger partial charge in [-0.25, -0.2) is 0 Å². The van der Waals surface area contributed by atoms with Crippen LogP contribution in [0.2, 0.25) is 0 Å². The van der Waals surface area contributed by atoms with E-state index in [2.05, 4.69) is 21.2 Å². The SMILES string of the molecule is Cl.O=C(c1ccc(Br)cc1)c1ccc(OCC2CC2CNCC2CC2)cc1. The van der Waals surface area contributed by atoms with Gasteiger partial charge in [0.25, 0.3) is 0 Å². The summed E-state index contributed by atoms with van der Waals surface area (Å²) in [7, 11) is 0. The molecule has 0 saturated heterocycles. The third-order valence-electron chi connectivity index (χ3n) is 5.29. The highest BCUT2D eigenvalue weighted by atomic mass is 79.9. The molecule has 3 nitrogen and oxygen atoms in total. The number of ketones is 1. The lowest BCUT2D eigenvalue weighted by atomic mass is 10.0. The maximum absolute atomic E-state index is 12.5. The molecule has 0 bridgehead atoms. The number of hydrogen-bond acceptors (Lipinski definition) is 3. The zero-order valence-corrected chi connectivity index (χ0v) is 17.6. The Labute approximate surface area is 175 Å². The number of halogens is 2. The fourth-order valence-electron chi connectivity index (χ4n) is 3.23. The zero-order valence-electron chi connectivity index (χ0n) is 15.2. The van der Waals surface area contributed by atoms with Gasteiger partial charge >= 0.3 is 0 Å². The van der Waals surface area contributed by atoms with Crippen LogP contribution in [-0.4, -0.2) is 25.5 Å². The van der Waals surface area contributed by atoms with Crippen LogP contribution in [-0.2, 0) is 0 Å². The Morgan fingerprint density at radius 3 is 2.22 bits per heavy atom. The predicted molar refractivity (Wildman–Crippen MR) is 114 cm³/mol. The molecule has 5 heteroatoms. The summed E-state index contributed by atoms with van der Waals surface area (Å²) in [6.07, 6.45) is 4.08. The number of rotatable bonds is 9. The second-order valence-corrected chi connectivity index (χ2v) is 8.44. The van der Waals surface area contributed by atoms with Crippen molar-refractivity contribution < 1.29 is 9.53 Å². The molecule has 0 heterocycles. The van der Waals surface area contributed by atoms with Crippen LogP contribution in [0.5, 0.6) is 5.75 Å². The molecule has 0 spiro atoms. The number of nitrogens with one attached hydrogen (secondary N) is 1. The maximum Gasteiger partial charge on any atom is 0.193 e. The van der Waals surface area contributed by atoms with Crippen molar-refractivity contribution in [3.8, 4) is 5.75 Å². The number of hydrogen-bond donors (Lipinski definition) is 1. The number of carbonyl (C=O) groups is 1. The lowest BCUT2D eigenvalue weighted by Gasteiger charge is -2.08. The largest absolute Gasteiger partial charge is 0.493 e. The lowest BCUT2D eigenvalue weighted by molar-refractivity contribution is 0.103. The lowest BCUT2D eigenvalue weighted by Crippen LogP contribution is -2.20. The Morgan fingerprint density at radius 2 is 1.59 bits per heavy atom. The molecule has 144 valence electrons. The van der Waals surface area contributed by atoms with Crippen molar-refractivity contribution in [2.45, 2.75) is 19.3 Å². The Bertz CT molecular complexity index is 759. The van der Waals surface area contributed by atoms with Crippen molar-refractivity contribution in [3.63, 3.8) is 0 Å². The molecule has 2 aliphatic rings. The second-order valence-electron chi connectivity index (χ2n) is 7.53. The molecule has 0 radical (unpaired) electrons. The van der Waals surface area contributed by atoms with Crippen LogP contribution < -0.4 is 10.1 Å². The van der Waals surface area contributed by atoms with Crippen LogP contribution in [0, 0.1) is 17.8 Å². The van der Waals surface area contributed by atoms with E-state index in [-0.39, 0.29) is 18.2 Å². The molecular formula is C22H25BrClNO2. The minimum Gasteiger partial charge on any atom is -0.493 e. The number of carbonyl (C=O) groups excluding carboxylic acids is 1. The molecule has 1 N–H and O–H groups in total. The Kier molecular flexibility index (Phi) is 6.96. The average Bonchev–Trinajstić information content (AvgIpc) is 3.58. The fourth-order valence-corrected chi connectivity index (χ4v) is 3.50. The summed E-state index contributed by atoms with van der Waals surface area (Å²) >= 11 is 3.39. The number of benzene rings is 2. The van der Waals surface area contributed by atoms with E-state index in [1.165, 1.54) is 25.8 Å². The Balaban J connectivity index is 0.00000210. The first kappa shape index (κ1) is 20.4. The Hall–Kier alpha value is -1.36. The van der Waals surface area contributed by atoms with Crippen LogP contribution in [0.3, 0.4) is 0 Å². The topological polar surface area (TPSA) is 38.3 Å². The molecule has 2 aromatic carbocycles. The summed E-state index contributed by atoms with van der Waals surface area (Å²) in [5.74, 6) is 3.27. The average molecular weight is 451 g/mol. The third-order valence-corrected chi connectivity index (χ3v) is 5.82. The molecule has 2 fully saturated rings. The van der Waals surface area contributed by atoms with Crippen LogP contribution in [0.25, 0.3) is 0 Å². The highest BCUT2D eigenvalue weighted by molar-refractivity contribution is 9.10. The molecule has 0 amide bonds. The first-order valence-corrected chi connectivity index (χ1v) is 10.2. The van der Waals surface area contributed by atoms with Gasteiger partial charge in [-0.2, -0.15) is 0 Å².